The first kappa shape index (κ1) is 24.1. The number of aromatic carboxylic acids is 1. The lowest BCUT2D eigenvalue weighted by atomic mass is 10.1. The number of hydrogen-bond donors (Lipinski definition) is 4. The number of carbonyl (C=O) groups is 2. The van der Waals surface area contributed by atoms with E-state index in [4.69, 9.17) is 10.8 Å². The van der Waals surface area contributed by atoms with Crippen molar-refractivity contribution in [1.29, 1.82) is 0 Å². The van der Waals surface area contributed by atoms with Gasteiger partial charge in [-0.05, 0) is 48.9 Å². The van der Waals surface area contributed by atoms with Crippen molar-refractivity contribution in [2.24, 2.45) is 5.10 Å². The molecule has 1 amide bonds. The number of benzene rings is 3. The third-order valence-electron chi connectivity index (χ3n) is 5.34. The van der Waals surface area contributed by atoms with Crippen LogP contribution in [-0.4, -0.2) is 32.7 Å². The Hall–Kier alpha value is -5.05. The van der Waals surface area contributed by atoms with Crippen molar-refractivity contribution >= 4 is 29.1 Å². The molecule has 0 aliphatic rings. The van der Waals surface area contributed by atoms with Crippen molar-refractivity contribution in [3.05, 3.63) is 107 Å². The SMILES string of the molecule is CC(=NNc1ccc(C(=O)O)cc1)c1nc(-c2cccc(C(=O)NCc3ccccc3)c2)cnc1N. The summed E-state index contributed by atoms with van der Waals surface area (Å²) in [5.74, 6) is -0.987. The van der Waals surface area contributed by atoms with Crippen molar-refractivity contribution < 1.29 is 14.7 Å². The van der Waals surface area contributed by atoms with Crippen LogP contribution >= 0.6 is 0 Å². The van der Waals surface area contributed by atoms with Crippen LogP contribution in [0.4, 0.5) is 11.5 Å². The van der Waals surface area contributed by atoms with Gasteiger partial charge in [-0.2, -0.15) is 5.10 Å². The maximum atomic E-state index is 12.7. The Balaban J connectivity index is 1.50. The van der Waals surface area contributed by atoms with Crippen LogP contribution in [0.2, 0.25) is 0 Å². The van der Waals surface area contributed by atoms with Gasteiger partial charge in [0.25, 0.3) is 5.91 Å². The topological polar surface area (TPSA) is 143 Å². The average molecular weight is 481 g/mol. The zero-order chi connectivity index (χ0) is 25.5. The van der Waals surface area contributed by atoms with Gasteiger partial charge in [-0.3, -0.25) is 10.2 Å². The highest BCUT2D eigenvalue weighted by molar-refractivity contribution is 6.01. The predicted molar refractivity (Wildman–Crippen MR) is 139 cm³/mol. The standard InChI is InChI=1S/C27H24N6O3/c1-17(32-33-22-12-10-19(11-13-22)27(35)36)24-25(28)29-16-23(31-24)20-8-5-9-21(14-20)26(34)30-15-18-6-3-2-4-7-18/h2-14,16,33H,15H2,1H3,(H2,28,29)(H,30,34)(H,35,36). The molecule has 0 atom stereocenters. The Kier molecular flexibility index (Phi) is 7.30. The summed E-state index contributed by atoms with van der Waals surface area (Å²) in [6.07, 6.45) is 1.55. The second-order valence-electron chi connectivity index (χ2n) is 7.93. The van der Waals surface area contributed by atoms with Gasteiger partial charge in [-0.15, -0.1) is 0 Å². The number of nitrogen functional groups attached to an aromatic ring is 1. The number of carboxylic acid groups (broad SMARTS) is 1. The van der Waals surface area contributed by atoms with Crippen LogP contribution in [0.3, 0.4) is 0 Å². The molecule has 0 radical (unpaired) electrons. The van der Waals surface area contributed by atoms with Crippen LogP contribution in [0.25, 0.3) is 11.3 Å². The molecule has 1 aromatic heterocycles. The molecular formula is C27H24N6O3. The summed E-state index contributed by atoms with van der Waals surface area (Å²) < 4.78 is 0. The van der Waals surface area contributed by atoms with E-state index in [0.29, 0.717) is 40.5 Å². The number of nitrogens with zero attached hydrogens (tertiary/aromatic N) is 3. The summed E-state index contributed by atoms with van der Waals surface area (Å²) in [6, 6.07) is 23.0. The Morgan fingerprint density at radius 3 is 2.44 bits per heavy atom. The Bertz CT molecular complexity index is 1420. The molecule has 3 aromatic carbocycles. The van der Waals surface area contributed by atoms with E-state index in [-0.39, 0.29) is 17.3 Å². The first-order chi connectivity index (χ1) is 17.4. The van der Waals surface area contributed by atoms with E-state index in [2.05, 4.69) is 25.8 Å². The second-order valence-corrected chi connectivity index (χ2v) is 7.93. The average Bonchev–Trinajstić information content (AvgIpc) is 2.91. The van der Waals surface area contributed by atoms with Crippen molar-refractivity contribution in [2.45, 2.75) is 13.5 Å². The van der Waals surface area contributed by atoms with Crippen molar-refractivity contribution in [2.75, 3.05) is 11.2 Å². The van der Waals surface area contributed by atoms with Crippen molar-refractivity contribution in [1.82, 2.24) is 15.3 Å². The van der Waals surface area contributed by atoms with E-state index in [9.17, 15) is 9.59 Å². The smallest absolute Gasteiger partial charge is 0.335 e. The zero-order valence-electron chi connectivity index (χ0n) is 19.5. The molecule has 0 fully saturated rings. The molecule has 1 heterocycles. The molecule has 0 aliphatic heterocycles. The van der Waals surface area contributed by atoms with Crippen LogP contribution in [0.5, 0.6) is 0 Å². The highest BCUT2D eigenvalue weighted by Crippen LogP contribution is 2.21. The van der Waals surface area contributed by atoms with Crippen LogP contribution in [0.1, 0.15) is 38.9 Å². The fourth-order valence-electron chi connectivity index (χ4n) is 3.39. The highest BCUT2D eigenvalue weighted by Gasteiger charge is 2.12. The van der Waals surface area contributed by atoms with Gasteiger partial charge in [0.05, 0.1) is 28.9 Å². The normalized spacial score (nSPS) is 11.1. The molecule has 0 unspecified atom stereocenters. The van der Waals surface area contributed by atoms with Crippen LogP contribution < -0.4 is 16.5 Å². The van der Waals surface area contributed by atoms with Gasteiger partial charge in [0.1, 0.15) is 5.69 Å². The van der Waals surface area contributed by atoms with Gasteiger partial charge in [0, 0.05) is 17.7 Å². The van der Waals surface area contributed by atoms with E-state index in [0.717, 1.165) is 5.56 Å². The van der Waals surface area contributed by atoms with E-state index < -0.39 is 5.97 Å². The van der Waals surface area contributed by atoms with Gasteiger partial charge in [-0.1, -0.05) is 42.5 Å². The summed E-state index contributed by atoms with van der Waals surface area (Å²) in [4.78, 5) is 32.6. The summed E-state index contributed by atoms with van der Waals surface area (Å²) >= 11 is 0. The molecule has 180 valence electrons. The van der Waals surface area contributed by atoms with Gasteiger partial charge in [0.15, 0.2) is 5.82 Å². The number of nitrogens with one attached hydrogen (secondary N) is 2. The number of rotatable bonds is 8. The number of carbonyl (C=O) groups excluding carboxylic acids is 1. The lowest BCUT2D eigenvalue weighted by Crippen LogP contribution is -2.22. The molecule has 0 bridgehead atoms. The lowest BCUT2D eigenvalue weighted by Gasteiger charge is -2.10. The number of carboxylic acids is 1. The summed E-state index contributed by atoms with van der Waals surface area (Å²) in [6.45, 7) is 2.16. The molecule has 0 saturated carbocycles. The summed E-state index contributed by atoms with van der Waals surface area (Å²) in [7, 11) is 0. The van der Waals surface area contributed by atoms with E-state index in [1.807, 2.05) is 36.4 Å². The summed E-state index contributed by atoms with van der Waals surface area (Å²) in [5, 5.41) is 16.2. The van der Waals surface area contributed by atoms with Crippen molar-refractivity contribution in [3.63, 3.8) is 0 Å². The third kappa shape index (κ3) is 5.89. The predicted octanol–water partition coefficient (Wildman–Crippen LogP) is 4.19. The Labute approximate surface area is 207 Å². The van der Waals surface area contributed by atoms with E-state index in [1.54, 1.807) is 43.5 Å². The van der Waals surface area contributed by atoms with E-state index in [1.165, 1.54) is 12.1 Å². The number of nitrogens with two attached hydrogens (primary N) is 1. The number of amides is 1. The molecule has 4 rings (SSSR count). The fraction of sp³-hybridized carbons (Fsp3) is 0.0741. The molecule has 5 N–H and O–H groups in total. The maximum Gasteiger partial charge on any atom is 0.335 e. The van der Waals surface area contributed by atoms with E-state index >= 15 is 0 Å². The van der Waals surface area contributed by atoms with Gasteiger partial charge >= 0.3 is 5.97 Å². The Morgan fingerprint density at radius 1 is 0.972 bits per heavy atom. The molecule has 0 saturated heterocycles. The first-order valence-electron chi connectivity index (χ1n) is 11.1. The van der Waals surface area contributed by atoms with Gasteiger partial charge < -0.3 is 16.2 Å². The molecule has 9 heteroatoms. The summed E-state index contributed by atoms with van der Waals surface area (Å²) in [5.41, 5.74) is 13.3. The molecule has 9 nitrogen and oxygen atoms in total. The minimum Gasteiger partial charge on any atom is -0.478 e. The fourth-order valence-corrected chi connectivity index (χ4v) is 3.39. The quantitative estimate of drug-likeness (QED) is 0.219. The molecule has 0 spiro atoms. The zero-order valence-corrected chi connectivity index (χ0v) is 19.5. The maximum absolute atomic E-state index is 12.7. The van der Waals surface area contributed by atoms with Gasteiger partial charge in [-0.25, -0.2) is 14.8 Å². The largest absolute Gasteiger partial charge is 0.478 e. The molecule has 4 aromatic rings. The molecular weight excluding hydrogens is 456 g/mol. The number of anilines is 2. The minimum atomic E-state index is -1.00. The van der Waals surface area contributed by atoms with Crippen molar-refractivity contribution in [3.8, 4) is 11.3 Å². The van der Waals surface area contributed by atoms with Crippen LogP contribution in [0.15, 0.2) is 90.2 Å². The number of hydrogen-bond acceptors (Lipinski definition) is 7. The van der Waals surface area contributed by atoms with Crippen LogP contribution in [-0.2, 0) is 6.54 Å². The monoisotopic (exact) mass is 480 g/mol. The Morgan fingerprint density at radius 2 is 1.72 bits per heavy atom. The third-order valence-corrected chi connectivity index (χ3v) is 5.34. The number of hydrazone groups is 1. The van der Waals surface area contributed by atoms with Gasteiger partial charge in [0.2, 0.25) is 0 Å². The second kappa shape index (κ2) is 10.9. The molecule has 36 heavy (non-hydrogen) atoms. The van der Waals surface area contributed by atoms with Crippen LogP contribution in [0, 0.1) is 0 Å². The number of aromatic nitrogens is 2. The minimum absolute atomic E-state index is 0.181. The lowest BCUT2D eigenvalue weighted by molar-refractivity contribution is 0.0696. The highest BCUT2D eigenvalue weighted by atomic mass is 16.4. The molecule has 0 aliphatic carbocycles. The first-order valence-corrected chi connectivity index (χ1v) is 11.1.